The predicted molar refractivity (Wildman–Crippen MR) is 88.5 cm³/mol. The van der Waals surface area contributed by atoms with Crippen LogP contribution >= 0.6 is 23.2 Å². The smallest absolute Gasteiger partial charge is 0.244 e. The molecule has 1 aromatic carbocycles. The molecule has 0 radical (unpaired) electrons. The minimum atomic E-state index is -3.67. The standard InChI is InChI=1S/C13H21Cl2N3O2S/c1-4-18(9-5-8-17(2)3)21(19,20)11-7-6-10(14)13(16)12(11)15/h6-7H,4-5,8-9,16H2,1-3H3. The summed E-state index contributed by atoms with van der Waals surface area (Å²) in [5.74, 6) is 0. The Hall–Kier alpha value is -0.530. The van der Waals surface area contributed by atoms with Crippen LogP contribution in [-0.2, 0) is 10.0 Å². The van der Waals surface area contributed by atoms with Gasteiger partial charge in [0.1, 0.15) is 4.90 Å². The number of hydrogen-bond acceptors (Lipinski definition) is 4. The molecule has 0 unspecified atom stereocenters. The molecule has 0 amide bonds. The maximum absolute atomic E-state index is 12.7. The van der Waals surface area contributed by atoms with Crippen molar-refractivity contribution in [1.82, 2.24) is 9.21 Å². The van der Waals surface area contributed by atoms with E-state index in [0.29, 0.717) is 13.1 Å². The quantitative estimate of drug-likeness (QED) is 0.764. The number of benzene rings is 1. The van der Waals surface area contributed by atoms with Gasteiger partial charge in [0.05, 0.1) is 15.7 Å². The Labute approximate surface area is 136 Å². The SMILES string of the molecule is CCN(CCCN(C)C)S(=O)(=O)c1ccc(Cl)c(N)c1Cl. The van der Waals surface area contributed by atoms with E-state index < -0.39 is 10.0 Å². The van der Waals surface area contributed by atoms with Gasteiger partial charge in [-0.15, -0.1) is 0 Å². The van der Waals surface area contributed by atoms with E-state index in [-0.39, 0.29) is 20.6 Å². The number of nitrogen functional groups attached to an aromatic ring is 1. The summed E-state index contributed by atoms with van der Waals surface area (Å²) in [4.78, 5) is 2.01. The molecule has 120 valence electrons. The number of nitrogens with two attached hydrogens (primary N) is 1. The van der Waals surface area contributed by atoms with E-state index in [1.54, 1.807) is 6.92 Å². The monoisotopic (exact) mass is 353 g/mol. The van der Waals surface area contributed by atoms with Gasteiger partial charge < -0.3 is 10.6 Å². The molecule has 21 heavy (non-hydrogen) atoms. The average molecular weight is 354 g/mol. The molecule has 2 N–H and O–H groups in total. The van der Waals surface area contributed by atoms with Crippen LogP contribution < -0.4 is 5.73 Å². The van der Waals surface area contributed by atoms with Crippen molar-refractivity contribution in [3.63, 3.8) is 0 Å². The molecule has 0 atom stereocenters. The van der Waals surface area contributed by atoms with E-state index in [2.05, 4.69) is 0 Å². The van der Waals surface area contributed by atoms with Crippen molar-refractivity contribution in [2.45, 2.75) is 18.2 Å². The lowest BCUT2D eigenvalue weighted by molar-refractivity contribution is 0.356. The molecule has 0 fully saturated rings. The molecule has 0 aliphatic rings. The largest absolute Gasteiger partial charge is 0.396 e. The second kappa shape index (κ2) is 7.65. The van der Waals surface area contributed by atoms with Gasteiger partial charge in [-0.2, -0.15) is 4.31 Å². The Kier molecular flexibility index (Phi) is 6.74. The summed E-state index contributed by atoms with van der Waals surface area (Å²) >= 11 is 11.9. The van der Waals surface area contributed by atoms with E-state index in [4.69, 9.17) is 28.9 Å². The van der Waals surface area contributed by atoms with E-state index in [9.17, 15) is 8.42 Å². The molecule has 0 saturated carbocycles. The highest BCUT2D eigenvalue weighted by Crippen LogP contribution is 2.34. The van der Waals surface area contributed by atoms with Gasteiger partial charge in [-0.1, -0.05) is 30.1 Å². The van der Waals surface area contributed by atoms with Crippen LogP contribution in [0.5, 0.6) is 0 Å². The van der Waals surface area contributed by atoms with Crippen molar-refractivity contribution in [2.75, 3.05) is 39.5 Å². The molecule has 0 spiro atoms. The second-order valence-corrected chi connectivity index (χ2v) is 7.62. The van der Waals surface area contributed by atoms with Gasteiger partial charge in [-0.3, -0.25) is 0 Å². The fourth-order valence-corrected chi connectivity index (χ4v) is 4.13. The second-order valence-electron chi connectivity index (χ2n) is 4.93. The number of sulfonamides is 1. The zero-order valence-corrected chi connectivity index (χ0v) is 14.8. The Bertz CT molecular complexity index is 591. The fraction of sp³-hybridized carbons (Fsp3) is 0.538. The fourth-order valence-electron chi connectivity index (χ4n) is 1.90. The van der Waals surface area contributed by atoms with Gasteiger partial charge >= 0.3 is 0 Å². The lowest BCUT2D eigenvalue weighted by atomic mass is 10.3. The van der Waals surface area contributed by atoms with Crippen LogP contribution in [0.4, 0.5) is 5.69 Å². The highest BCUT2D eigenvalue weighted by molar-refractivity contribution is 7.89. The van der Waals surface area contributed by atoms with Crippen LogP contribution in [0.2, 0.25) is 10.0 Å². The molecule has 0 heterocycles. The topological polar surface area (TPSA) is 66.6 Å². The molecule has 8 heteroatoms. The van der Waals surface area contributed by atoms with Crippen molar-refractivity contribution in [1.29, 1.82) is 0 Å². The van der Waals surface area contributed by atoms with Gasteiger partial charge in [0, 0.05) is 13.1 Å². The van der Waals surface area contributed by atoms with Crippen molar-refractivity contribution < 1.29 is 8.42 Å². The van der Waals surface area contributed by atoms with Gasteiger partial charge in [0.2, 0.25) is 10.0 Å². The van der Waals surface area contributed by atoms with Crippen LogP contribution in [0.25, 0.3) is 0 Å². The molecule has 0 aliphatic heterocycles. The normalized spacial score (nSPS) is 12.3. The highest BCUT2D eigenvalue weighted by Gasteiger charge is 2.26. The van der Waals surface area contributed by atoms with Gasteiger partial charge in [0.15, 0.2) is 0 Å². The lowest BCUT2D eigenvalue weighted by Crippen LogP contribution is -2.33. The lowest BCUT2D eigenvalue weighted by Gasteiger charge is -2.22. The molecule has 0 aromatic heterocycles. The minimum absolute atomic E-state index is 0.00207. The third-order valence-electron chi connectivity index (χ3n) is 3.07. The van der Waals surface area contributed by atoms with Gasteiger partial charge in [0.25, 0.3) is 0 Å². The number of anilines is 1. The minimum Gasteiger partial charge on any atom is -0.396 e. The summed E-state index contributed by atoms with van der Waals surface area (Å²) in [6.07, 6.45) is 0.737. The predicted octanol–water partition coefficient (Wildman–Crippen LogP) is 2.54. The first-order chi connectivity index (χ1) is 9.71. The summed E-state index contributed by atoms with van der Waals surface area (Å²) in [5, 5.41) is 0.225. The third kappa shape index (κ3) is 4.47. The first-order valence-electron chi connectivity index (χ1n) is 6.60. The summed E-state index contributed by atoms with van der Waals surface area (Å²) in [7, 11) is 0.217. The van der Waals surface area contributed by atoms with Crippen LogP contribution in [-0.4, -0.2) is 51.4 Å². The molecule has 1 aromatic rings. The molecule has 0 bridgehead atoms. The maximum atomic E-state index is 12.7. The molecule has 5 nitrogen and oxygen atoms in total. The van der Waals surface area contributed by atoms with E-state index in [1.165, 1.54) is 16.4 Å². The number of halogens is 2. The third-order valence-corrected chi connectivity index (χ3v) is 5.94. The summed E-state index contributed by atoms with van der Waals surface area (Å²) in [6.45, 7) is 3.40. The van der Waals surface area contributed by atoms with Crippen LogP contribution in [0.15, 0.2) is 17.0 Å². The van der Waals surface area contributed by atoms with Crippen LogP contribution in [0.3, 0.4) is 0 Å². The Morgan fingerprint density at radius 1 is 1.19 bits per heavy atom. The van der Waals surface area contributed by atoms with E-state index in [1.807, 2.05) is 19.0 Å². The number of hydrogen-bond donors (Lipinski definition) is 1. The number of rotatable bonds is 7. The van der Waals surface area contributed by atoms with Crippen LogP contribution in [0, 0.1) is 0 Å². The molecular weight excluding hydrogens is 333 g/mol. The molecule has 1 rings (SSSR count). The highest BCUT2D eigenvalue weighted by atomic mass is 35.5. The molecule has 0 saturated heterocycles. The first-order valence-corrected chi connectivity index (χ1v) is 8.79. The van der Waals surface area contributed by atoms with E-state index in [0.717, 1.165) is 13.0 Å². The average Bonchev–Trinajstić information content (AvgIpc) is 2.40. The van der Waals surface area contributed by atoms with Crippen molar-refractivity contribution in [3.05, 3.63) is 22.2 Å². The Morgan fingerprint density at radius 2 is 1.81 bits per heavy atom. The first kappa shape index (κ1) is 18.5. The summed E-state index contributed by atoms with van der Waals surface area (Å²) in [5.41, 5.74) is 5.79. The van der Waals surface area contributed by atoms with Crippen molar-refractivity contribution >= 4 is 38.9 Å². The zero-order valence-electron chi connectivity index (χ0n) is 12.4. The van der Waals surface area contributed by atoms with Crippen molar-refractivity contribution in [3.8, 4) is 0 Å². The maximum Gasteiger partial charge on any atom is 0.244 e. The Balaban J connectivity index is 3.05. The molecule has 0 aliphatic carbocycles. The van der Waals surface area contributed by atoms with Gasteiger partial charge in [-0.05, 0) is 39.2 Å². The van der Waals surface area contributed by atoms with Gasteiger partial charge in [-0.25, -0.2) is 8.42 Å². The van der Waals surface area contributed by atoms with Crippen molar-refractivity contribution in [2.24, 2.45) is 0 Å². The molecular formula is C13H21Cl2N3O2S. The number of nitrogens with zero attached hydrogens (tertiary/aromatic N) is 2. The Morgan fingerprint density at radius 3 is 2.33 bits per heavy atom. The zero-order chi connectivity index (χ0) is 16.2. The summed E-state index contributed by atoms with van der Waals surface area (Å²) in [6, 6.07) is 2.84. The van der Waals surface area contributed by atoms with E-state index >= 15 is 0 Å². The van der Waals surface area contributed by atoms with Crippen LogP contribution in [0.1, 0.15) is 13.3 Å². The summed E-state index contributed by atoms with van der Waals surface area (Å²) < 4.78 is 26.7.